The first kappa shape index (κ1) is 9.86. The van der Waals surface area contributed by atoms with Crippen molar-refractivity contribution >= 4 is 11.9 Å². The van der Waals surface area contributed by atoms with Crippen LogP contribution in [0.15, 0.2) is 0 Å². The van der Waals surface area contributed by atoms with E-state index in [1.54, 1.807) is 0 Å². The molecule has 0 saturated heterocycles. The lowest BCUT2D eigenvalue weighted by Gasteiger charge is -2.12. The van der Waals surface area contributed by atoms with Crippen LogP contribution in [0.3, 0.4) is 0 Å². The number of carbonyl (C=O) groups is 2. The zero-order chi connectivity index (χ0) is 9.02. The number of ether oxygens (including phenoxy) is 1. The Morgan fingerprint density at radius 2 is 1.73 bits per heavy atom. The minimum atomic E-state index is -2.03. The standard InChI is InChI=1S/C5H8O6/c1-11-3(5(9)10)2(6)4(7)8/h2-3,6H,1H3,(H,7,8)(H,9,10)/t2-,3-/m0/s1. The molecule has 64 valence electrons. The number of carboxylic acid groups (broad SMARTS) is 2. The van der Waals surface area contributed by atoms with Gasteiger partial charge in [-0.1, -0.05) is 0 Å². The van der Waals surface area contributed by atoms with Gasteiger partial charge in [0.05, 0.1) is 0 Å². The fraction of sp³-hybridized carbons (Fsp3) is 0.600. The second-order valence-electron chi connectivity index (χ2n) is 1.78. The van der Waals surface area contributed by atoms with E-state index in [-0.39, 0.29) is 0 Å². The molecule has 0 aliphatic rings. The summed E-state index contributed by atoms with van der Waals surface area (Å²) in [6, 6.07) is 0. The van der Waals surface area contributed by atoms with Crippen molar-refractivity contribution in [2.24, 2.45) is 0 Å². The van der Waals surface area contributed by atoms with Gasteiger partial charge in [-0.3, -0.25) is 0 Å². The fourth-order valence-electron chi connectivity index (χ4n) is 0.494. The molecular weight excluding hydrogens is 156 g/mol. The van der Waals surface area contributed by atoms with Crippen molar-refractivity contribution in [3.63, 3.8) is 0 Å². The van der Waals surface area contributed by atoms with Gasteiger partial charge in [-0.05, 0) is 0 Å². The summed E-state index contributed by atoms with van der Waals surface area (Å²) in [7, 11) is 1.00. The molecule has 0 aromatic rings. The van der Waals surface area contributed by atoms with Crippen molar-refractivity contribution in [2.75, 3.05) is 7.11 Å². The van der Waals surface area contributed by atoms with Crippen molar-refractivity contribution in [2.45, 2.75) is 12.2 Å². The molecule has 3 N–H and O–H groups in total. The summed E-state index contributed by atoms with van der Waals surface area (Å²) >= 11 is 0. The SMILES string of the molecule is CO[C@H](C(=O)O)[C@H](O)C(=O)O. The molecule has 2 atom stereocenters. The van der Waals surface area contributed by atoms with Crippen molar-refractivity contribution in [1.82, 2.24) is 0 Å². The lowest BCUT2D eigenvalue weighted by Crippen LogP contribution is -2.40. The highest BCUT2D eigenvalue weighted by atomic mass is 16.5. The Hall–Kier alpha value is -1.14. The van der Waals surface area contributed by atoms with Crippen LogP contribution in [-0.2, 0) is 14.3 Å². The quantitative estimate of drug-likeness (QED) is 0.468. The van der Waals surface area contributed by atoms with Crippen LogP contribution in [0, 0.1) is 0 Å². The summed E-state index contributed by atoms with van der Waals surface area (Å²) in [5.41, 5.74) is 0. The van der Waals surface area contributed by atoms with E-state index in [2.05, 4.69) is 4.74 Å². The molecule has 0 saturated carbocycles. The fourth-order valence-corrected chi connectivity index (χ4v) is 0.494. The van der Waals surface area contributed by atoms with Crippen molar-refractivity contribution in [3.05, 3.63) is 0 Å². The average Bonchev–Trinajstić information content (AvgIpc) is 1.88. The molecule has 0 aromatic carbocycles. The summed E-state index contributed by atoms with van der Waals surface area (Å²) in [6.45, 7) is 0. The van der Waals surface area contributed by atoms with Gasteiger partial charge in [-0.2, -0.15) is 0 Å². The molecule has 6 nitrogen and oxygen atoms in total. The summed E-state index contributed by atoms with van der Waals surface area (Å²) < 4.78 is 4.20. The predicted octanol–water partition coefficient (Wildman–Crippen LogP) is -1.47. The maximum absolute atomic E-state index is 10.1. The van der Waals surface area contributed by atoms with E-state index in [9.17, 15) is 9.59 Å². The largest absolute Gasteiger partial charge is 0.479 e. The lowest BCUT2D eigenvalue weighted by molar-refractivity contribution is -0.168. The number of aliphatic hydroxyl groups is 1. The van der Waals surface area contributed by atoms with E-state index in [1.807, 2.05) is 0 Å². The van der Waals surface area contributed by atoms with E-state index in [1.165, 1.54) is 0 Å². The molecule has 0 fully saturated rings. The second-order valence-corrected chi connectivity index (χ2v) is 1.78. The minimum Gasteiger partial charge on any atom is -0.479 e. The van der Waals surface area contributed by atoms with Gasteiger partial charge in [0, 0.05) is 7.11 Å². The number of rotatable bonds is 4. The van der Waals surface area contributed by atoms with Gasteiger partial charge in [-0.15, -0.1) is 0 Å². The highest BCUT2D eigenvalue weighted by molar-refractivity contribution is 5.83. The van der Waals surface area contributed by atoms with Crippen LogP contribution < -0.4 is 0 Å². The smallest absolute Gasteiger partial charge is 0.336 e. The summed E-state index contributed by atoms with van der Waals surface area (Å²) in [5, 5.41) is 25.0. The molecule has 0 aromatic heterocycles. The Labute approximate surface area is 62.0 Å². The van der Waals surface area contributed by atoms with E-state index in [0.29, 0.717) is 0 Å². The average molecular weight is 164 g/mol. The zero-order valence-corrected chi connectivity index (χ0v) is 5.72. The molecule has 6 heteroatoms. The third-order valence-electron chi connectivity index (χ3n) is 1.04. The summed E-state index contributed by atoms with van der Waals surface area (Å²) in [6.07, 6.45) is -3.75. The van der Waals surface area contributed by atoms with E-state index < -0.39 is 24.1 Å². The molecule has 11 heavy (non-hydrogen) atoms. The first-order chi connectivity index (χ1) is 5.00. The number of methoxy groups -OCH3 is 1. The highest BCUT2D eigenvalue weighted by Crippen LogP contribution is 1.98. The normalized spacial score (nSPS) is 15.5. The van der Waals surface area contributed by atoms with Gasteiger partial charge < -0.3 is 20.1 Å². The van der Waals surface area contributed by atoms with Crippen LogP contribution in [-0.4, -0.2) is 46.6 Å². The van der Waals surface area contributed by atoms with Crippen LogP contribution in [0.5, 0.6) is 0 Å². The number of carboxylic acids is 2. The predicted molar refractivity (Wildman–Crippen MR) is 32.1 cm³/mol. The van der Waals surface area contributed by atoms with Gasteiger partial charge in [0.25, 0.3) is 0 Å². The van der Waals surface area contributed by atoms with Crippen LogP contribution in [0.25, 0.3) is 0 Å². The monoisotopic (exact) mass is 164 g/mol. The van der Waals surface area contributed by atoms with Crippen molar-refractivity contribution < 1.29 is 29.6 Å². The van der Waals surface area contributed by atoms with Crippen LogP contribution in [0.2, 0.25) is 0 Å². The number of hydrogen-bond donors (Lipinski definition) is 3. The van der Waals surface area contributed by atoms with Gasteiger partial charge in [-0.25, -0.2) is 9.59 Å². The molecule has 0 amide bonds. The van der Waals surface area contributed by atoms with Crippen molar-refractivity contribution in [1.29, 1.82) is 0 Å². The molecule has 0 aliphatic carbocycles. The molecule has 0 radical (unpaired) electrons. The first-order valence-corrected chi connectivity index (χ1v) is 2.67. The first-order valence-electron chi connectivity index (χ1n) is 2.67. The molecule has 0 spiro atoms. The van der Waals surface area contributed by atoms with Gasteiger partial charge in [0.2, 0.25) is 0 Å². The lowest BCUT2D eigenvalue weighted by atomic mass is 10.2. The topological polar surface area (TPSA) is 104 Å². The maximum atomic E-state index is 10.1. The molecule has 0 unspecified atom stereocenters. The number of aliphatic hydroxyl groups excluding tert-OH is 1. The molecule has 0 rings (SSSR count). The zero-order valence-electron chi connectivity index (χ0n) is 5.72. The van der Waals surface area contributed by atoms with Crippen LogP contribution in [0.1, 0.15) is 0 Å². The summed E-state index contributed by atoms with van der Waals surface area (Å²) in [5.74, 6) is -3.14. The van der Waals surface area contributed by atoms with Gasteiger partial charge in [0.1, 0.15) is 0 Å². The molecule has 0 bridgehead atoms. The third-order valence-corrected chi connectivity index (χ3v) is 1.04. The maximum Gasteiger partial charge on any atom is 0.336 e. The molecule has 0 aliphatic heterocycles. The Kier molecular flexibility index (Phi) is 3.49. The van der Waals surface area contributed by atoms with E-state index >= 15 is 0 Å². The number of hydrogen-bond acceptors (Lipinski definition) is 4. The highest BCUT2D eigenvalue weighted by Gasteiger charge is 2.31. The Balaban J connectivity index is 4.25. The Morgan fingerprint density at radius 1 is 1.27 bits per heavy atom. The van der Waals surface area contributed by atoms with E-state index in [4.69, 9.17) is 15.3 Å². The van der Waals surface area contributed by atoms with E-state index in [0.717, 1.165) is 7.11 Å². The Morgan fingerprint density at radius 3 is 1.82 bits per heavy atom. The third kappa shape index (κ3) is 2.52. The van der Waals surface area contributed by atoms with Crippen molar-refractivity contribution in [3.8, 4) is 0 Å². The number of aliphatic carboxylic acids is 2. The summed E-state index contributed by atoms with van der Waals surface area (Å²) in [4.78, 5) is 20.1. The Bertz CT molecular complexity index is 164. The second kappa shape index (κ2) is 3.89. The van der Waals surface area contributed by atoms with Crippen LogP contribution in [0.4, 0.5) is 0 Å². The minimum absolute atomic E-state index is 1.00. The molecule has 0 heterocycles. The van der Waals surface area contributed by atoms with Gasteiger partial charge in [0.15, 0.2) is 12.2 Å². The van der Waals surface area contributed by atoms with Gasteiger partial charge >= 0.3 is 11.9 Å². The molecular formula is C5H8O6. The van der Waals surface area contributed by atoms with Crippen LogP contribution >= 0.6 is 0 Å².